The largest absolute Gasteiger partial charge is 0.361 e. The Balaban J connectivity index is 1.52. The molecule has 6 atom stereocenters. The lowest BCUT2D eigenvalue weighted by Crippen LogP contribution is -2.45. The van der Waals surface area contributed by atoms with E-state index in [4.69, 9.17) is 14.5 Å². The number of carbonyl (C=O) groups excluding carboxylic acids is 1. The lowest BCUT2D eigenvalue weighted by Gasteiger charge is -2.54. The second-order valence-corrected chi connectivity index (χ2v) is 12.4. The molecule has 0 saturated heterocycles. The van der Waals surface area contributed by atoms with Crippen molar-refractivity contribution < 1.29 is 23.9 Å². The summed E-state index contributed by atoms with van der Waals surface area (Å²) >= 11 is 0. The molecule has 29 heavy (non-hydrogen) atoms. The van der Waals surface area contributed by atoms with Crippen LogP contribution in [0.25, 0.3) is 0 Å². The fourth-order valence-corrected chi connectivity index (χ4v) is 7.90. The van der Waals surface area contributed by atoms with E-state index in [2.05, 4.69) is 20.8 Å². The summed E-state index contributed by atoms with van der Waals surface area (Å²) in [5, 5.41) is 0. The van der Waals surface area contributed by atoms with Crippen LogP contribution in [0.15, 0.2) is 11.1 Å². The Labute approximate surface area is 174 Å². The topological polar surface area (TPSA) is 83.8 Å². The molecule has 4 rings (SSSR count). The van der Waals surface area contributed by atoms with Crippen LogP contribution in [0.3, 0.4) is 0 Å². The Bertz CT molecular complexity index is 754. The summed E-state index contributed by atoms with van der Waals surface area (Å²) in [7, 11) is -4.23. The highest BCUT2D eigenvalue weighted by Crippen LogP contribution is 2.65. The van der Waals surface area contributed by atoms with Gasteiger partial charge in [-0.15, -0.1) is 0 Å². The third kappa shape index (κ3) is 3.82. The molecule has 0 aromatic rings. The number of Topliss-reactive ketones (excluding diaryl/α,β-unsaturated/α-hetero) is 1. The Kier molecular flexibility index (Phi) is 5.69. The molecular formula is C23H37O5P. The van der Waals surface area contributed by atoms with Gasteiger partial charge < -0.3 is 14.5 Å². The van der Waals surface area contributed by atoms with Gasteiger partial charge in [0, 0.05) is 5.92 Å². The predicted molar refractivity (Wildman–Crippen MR) is 112 cm³/mol. The maximum Gasteiger partial charge on any atom is 0.350 e. The van der Waals surface area contributed by atoms with Crippen LogP contribution in [0.4, 0.5) is 0 Å². The van der Waals surface area contributed by atoms with Crippen molar-refractivity contribution in [3.8, 4) is 0 Å². The number of hydrogen-bond acceptors (Lipinski definition) is 3. The molecule has 0 bridgehead atoms. The van der Waals surface area contributed by atoms with Crippen LogP contribution in [0, 0.1) is 34.5 Å². The van der Waals surface area contributed by atoms with Crippen LogP contribution in [-0.2, 0) is 14.1 Å². The minimum absolute atomic E-state index is 0.0213. The van der Waals surface area contributed by atoms with Gasteiger partial charge in [0.25, 0.3) is 0 Å². The van der Waals surface area contributed by atoms with Gasteiger partial charge in [-0.1, -0.05) is 31.9 Å². The maximum atomic E-state index is 12.9. The smallest absolute Gasteiger partial charge is 0.350 e. The standard InChI is InChI=1S/C23H37O5P/c1-15-8-10-22(2)16(12-15)4-5-17-18-6-7-20(23(18,3)11-9-19(17)22)21(24)13-28-14-29(25,26)27/h15-16,18,20H,4-14H2,1-3H3,(H2,25,26,27)/t15-,16?,18?,20+,22-,23-/m0/s1. The number of fused-ring (bicyclic) bond motifs is 4. The van der Waals surface area contributed by atoms with Crippen molar-refractivity contribution in [3.05, 3.63) is 11.1 Å². The van der Waals surface area contributed by atoms with Crippen molar-refractivity contribution in [1.82, 2.24) is 0 Å². The van der Waals surface area contributed by atoms with Crippen molar-refractivity contribution in [3.63, 3.8) is 0 Å². The summed E-state index contributed by atoms with van der Waals surface area (Å²) in [6.45, 7) is 7.04. The third-order valence-electron chi connectivity index (χ3n) is 9.15. The molecule has 0 aromatic carbocycles. The molecule has 2 saturated carbocycles. The Morgan fingerprint density at radius 2 is 1.90 bits per heavy atom. The van der Waals surface area contributed by atoms with Gasteiger partial charge in [-0.2, -0.15) is 0 Å². The van der Waals surface area contributed by atoms with Crippen molar-refractivity contribution in [2.24, 2.45) is 34.5 Å². The van der Waals surface area contributed by atoms with Gasteiger partial charge in [-0.3, -0.25) is 9.36 Å². The fourth-order valence-electron chi connectivity index (χ4n) is 7.57. The summed E-state index contributed by atoms with van der Waals surface area (Å²) < 4.78 is 16.1. The highest BCUT2D eigenvalue weighted by Gasteiger charge is 2.56. The number of allylic oxidation sites excluding steroid dienone is 2. The molecule has 0 amide bonds. The minimum atomic E-state index is -4.23. The van der Waals surface area contributed by atoms with E-state index >= 15 is 0 Å². The van der Waals surface area contributed by atoms with E-state index in [1.54, 1.807) is 11.1 Å². The molecule has 4 aliphatic rings. The van der Waals surface area contributed by atoms with E-state index in [-0.39, 0.29) is 23.7 Å². The van der Waals surface area contributed by atoms with Crippen LogP contribution >= 0.6 is 7.60 Å². The highest BCUT2D eigenvalue weighted by molar-refractivity contribution is 7.51. The van der Waals surface area contributed by atoms with Gasteiger partial charge in [0.05, 0.1) is 0 Å². The normalized spacial score (nSPS) is 42.2. The molecule has 0 spiro atoms. The number of carbonyl (C=O) groups is 1. The van der Waals surface area contributed by atoms with Crippen molar-refractivity contribution in [1.29, 1.82) is 0 Å². The van der Waals surface area contributed by atoms with E-state index < -0.39 is 13.9 Å². The van der Waals surface area contributed by atoms with Crippen LogP contribution in [0.1, 0.15) is 78.6 Å². The first-order valence-electron chi connectivity index (χ1n) is 11.4. The van der Waals surface area contributed by atoms with E-state index in [9.17, 15) is 9.36 Å². The molecule has 6 heteroatoms. The van der Waals surface area contributed by atoms with E-state index in [0.29, 0.717) is 11.3 Å². The van der Waals surface area contributed by atoms with Gasteiger partial charge in [0.15, 0.2) is 5.78 Å². The summed E-state index contributed by atoms with van der Waals surface area (Å²) in [6.07, 6.45) is 10.00. The minimum Gasteiger partial charge on any atom is -0.361 e. The Hall–Kier alpha value is -0.480. The average Bonchev–Trinajstić information content (AvgIpc) is 2.98. The number of hydrogen-bond donors (Lipinski definition) is 2. The van der Waals surface area contributed by atoms with E-state index in [1.165, 1.54) is 32.1 Å². The summed E-state index contributed by atoms with van der Waals surface area (Å²) in [5.74, 6) is 2.16. The van der Waals surface area contributed by atoms with E-state index in [1.807, 2.05) is 0 Å². The Morgan fingerprint density at radius 1 is 1.14 bits per heavy atom. The van der Waals surface area contributed by atoms with Crippen LogP contribution in [0.2, 0.25) is 0 Å². The highest BCUT2D eigenvalue weighted by atomic mass is 31.2. The van der Waals surface area contributed by atoms with Crippen LogP contribution in [0.5, 0.6) is 0 Å². The van der Waals surface area contributed by atoms with Gasteiger partial charge in [0.2, 0.25) is 0 Å². The number of ketones is 1. The van der Waals surface area contributed by atoms with Gasteiger partial charge in [0.1, 0.15) is 13.0 Å². The van der Waals surface area contributed by atoms with Crippen molar-refractivity contribution >= 4 is 13.4 Å². The van der Waals surface area contributed by atoms with Gasteiger partial charge >= 0.3 is 7.60 Å². The second kappa shape index (κ2) is 7.58. The second-order valence-electron chi connectivity index (χ2n) is 10.8. The summed E-state index contributed by atoms with van der Waals surface area (Å²) in [5.41, 5.74) is 3.77. The summed E-state index contributed by atoms with van der Waals surface area (Å²) in [4.78, 5) is 30.8. The third-order valence-corrected chi connectivity index (χ3v) is 9.67. The first-order chi connectivity index (χ1) is 13.5. The lowest BCUT2D eigenvalue weighted by atomic mass is 9.50. The zero-order valence-electron chi connectivity index (χ0n) is 18.2. The molecule has 0 radical (unpaired) electrons. The van der Waals surface area contributed by atoms with Crippen LogP contribution in [-0.4, -0.2) is 28.5 Å². The SMILES string of the molecule is C[C@H]1CC[C@]2(C)C3=C(CCC2C1)C1CC[C@H](C(=O)COCP(=O)(O)O)[C@@]1(C)CC3. The van der Waals surface area contributed by atoms with E-state index in [0.717, 1.165) is 37.5 Å². The van der Waals surface area contributed by atoms with Gasteiger partial charge in [-0.05, 0) is 86.4 Å². The lowest BCUT2D eigenvalue weighted by molar-refractivity contribution is -0.130. The zero-order valence-corrected chi connectivity index (χ0v) is 19.0. The molecule has 164 valence electrons. The number of rotatable bonds is 5. The average molecular weight is 425 g/mol. The maximum absolute atomic E-state index is 12.9. The molecule has 2 N–H and O–H groups in total. The first-order valence-corrected chi connectivity index (χ1v) is 13.2. The summed E-state index contributed by atoms with van der Waals surface area (Å²) in [6, 6.07) is 0. The quantitative estimate of drug-likeness (QED) is 0.476. The molecule has 4 aliphatic carbocycles. The molecule has 0 aromatic heterocycles. The molecule has 2 fully saturated rings. The van der Waals surface area contributed by atoms with Crippen molar-refractivity contribution in [2.45, 2.75) is 78.6 Å². The monoisotopic (exact) mass is 424 g/mol. The fraction of sp³-hybridized carbons (Fsp3) is 0.870. The first kappa shape index (κ1) is 21.7. The molecule has 2 unspecified atom stereocenters. The zero-order chi connectivity index (χ0) is 21.0. The van der Waals surface area contributed by atoms with Gasteiger partial charge in [-0.25, -0.2) is 0 Å². The van der Waals surface area contributed by atoms with Crippen LogP contribution < -0.4 is 0 Å². The van der Waals surface area contributed by atoms with Crippen molar-refractivity contribution in [2.75, 3.05) is 13.0 Å². The number of ether oxygens (including phenoxy) is 1. The molecular weight excluding hydrogens is 387 g/mol. The molecule has 0 heterocycles. The molecule has 0 aliphatic heterocycles. The Morgan fingerprint density at radius 3 is 2.62 bits per heavy atom. The molecule has 5 nitrogen and oxygen atoms in total. The predicted octanol–water partition coefficient (Wildman–Crippen LogP) is 5.07.